The summed E-state index contributed by atoms with van der Waals surface area (Å²) < 4.78 is 5.20. The topological polar surface area (TPSA) is 79.0 Å². The number of hydrogen-bond donors (Lipinski definition) is 0. The summed E-state index contributed by atoms with van der Waals surface area (Å²) in [6, 6.07) is 22.0. The highest BCUT2D eigenvalue weighted by Gasteiger charge is 2.06. The predicted octanol–water partition coefficient (Wildman–Crippen LogP) is 7.54. The van der Waals surface area contributed by atoms with E-state index < -0.39 is 0 Å². The van der Waals surface area contributed by atoms with Crippen molar-refractivity contribution in [1.82, 2.24) is 0 Å². The van der Waals surface area contributed by atoms with Gasteiger partial charge in [0.2, 0.25) is 0 Å². The molecule has 0 amide bonds. The fourth-order valence-corrected chi connectivity index (χ4v) is 2.69. The Morgan fingerprint density at radius 3 is 1.53 bits per heavy atom. The molecule has 7 heteroatoms. The molecule has 0 saturated carbocycles. The summed E-state index contributed by atoms with van der Waals surface area (Å²) in [5.74, 6) is -0.319. The van der Waals surface area contributed by atoms with E-state index in [0.717, 1.165) is 29.9 Å². The summed E-state index contributed by atoms with van der Waals surface area (Å²) >= 11 is 0. The molecule has 0 N–H and O–H groups in total. The average molecular weight is 430 g/mol. The Morgan fingerprint density at radius 1 is 0.719 bits per heavy atom. The summed E-state index contributed by atoms with van der Waals surface area (Å²) in [4.78, 5) is 14.0. The van der Waals surface area contributed by atoms with Crippen LogP contribution in [0.1, 0.15) is 30.1 Å². The van der Waals surface area contributed by atoms with Gasteiger partial charge in [-0.1, -0.05) is 13.3 Å². The SMILES string of the molecule is CCCCOC(=O)c1ccc(N=Nc2ccc(N=Nc3ccc(N(C)C)cc3)cc2)cc1. The summed E-state index contributed by atoms with van der Waals surface area (Å²) in [6.07, 6.45) is 1.85. The molecular formula is C25H27N5O2. The van der Waals surface area contributed by atoms with E-state index in [1.807, 2.05) is 67.5 Å². The first-order chi connectivity index (χ1) is 15.5. The average Bonchev–Trinajstić information content (AvgIpc) is 2.82. The van der Waals surface area contributed by atoms with Crippen molar-refractivity contribution in [2.75, 3.05) is 25.6 Å². The number of benzene rings is 3. The lowest BCUT2D eigenvalue weighted by Crippen LogP contribution is -2.07. The van der Waals surface area contributed by atoms with Crippen LogP contribution in [0.2, 0.25) is 0 Å². The largest absolute Gasteiger partial charge is 0.462 e. The fourth-order valence-electron chi connectivity index (χ4n) is 2.69. The van der Waals surface area contributed by atoms with Crippen molar-refractivity contribution in [1.29, 1.82) is 0 Å². The Bertz CT molecular complexity index is 1060. The molecule has 3 rings (SSSR count). The molecule has 7 nitrogen and oxygen atoms in total. The zero-order valence-corrected chi connectivity index (χ0v) is 18.6. The van der Waals surface area contributed by atoms with Gasteiger partial charge in [0.15, 0.2) is 0 Å². The third kappa shape index (κ3) is 6.84. The highest BCUT2D eigenvalue weighted by Crippen LogP contribution is 2.24. The first-order valence-corrected chi connectivity index (χ1v) is 10.5. The Kier molecular flexibility index (Phi) is 8.20. The number of carbonyl (C=O) groups is 1. The molecule has 0 aliphatic rings. The van der Waals surface area contributed by atoms with Gasteiger partial charge in [0.1, 0.15) is 0 Å². The van der Waals surface area contributed by atoms with Crippen molar-refractivity contribution in [3.05, 3.63) is 78.4 Å². The molecule has 0 radical (unpaired) electrons. The lowest BCUT2D eigenvalue weighted by Gasteiger charge is -2.11. The van der Waals surface area contributed by atoms with E-state index in [0.29, 0.717) is 23.5 Å². The number of carbonyl (C=O) groups excluding carboxylic acids is 1. The Balaban J connectivity index is 1.56. The van der Waals surface area contributed by atoms with Crippen molar-refractivity contribution in [3.8, 4) is 0 Å². The van der Waals surface area contributed by atoms with Crippen molar-refractivity contribution >= 4 is 34.4 Å². The van der Waals surface area contributed by atoms with Crippen LogP contribution in [0.4, 0.5) is 28.4 Å². The molecule has 0 aliphatic carbocycles. The van der Waals surface area contributed by atoms with Crippen molar-refractivity contribution in [2.24, 2.45) is 20.5 Å². The maximum Gasteiger partial charge on any atom is 0.338 e. The van der Waals surface area contributed by atoms with E-state index in [9.17, 15) is 4.79 Å². The molecule has 0 atom stereocenters. The van der Waals surface area contributed by atoms with Crippen LogP contribution in [0.3, 0.4) is 0 Å². The van der Waals surface area contributed by atoms with Crippen LogP contribution in [0.15, 0.2) is 93.3 Å². The zero-order chi connectivity index (χ0) is 22.8. The molecule has 0 unspecified atom stereocenters. The number of unbranched alkanes of at least 4 members (excludes halogenated alkanes) is 1. The Morgan fingerprint density at radius 2 is 1.12 bits per heavy atom. The molecule has 32 heavy (non-hydrogen) atoms. The van der Waals surface area contributed by atoms with E-state index >= 15 is 0 Å². The van der Waals surface area contributed by atoms with Gasteiger partial charge in [-0.05, 0) is 79.2 Å². The summed E-state index contributed by atoms with van der Waals surface area (Å²) in [5, 5.41) is 17.0. The van der Waals surface area contributed by atoms with Gasteiger partial charge >= 0.3 is 5.97 Å². The van der Waals surface area contributed by atoms with Crippen LogP contribution in [0, 0.1) is 0 Å². The molecule has 0 saturated heterocycles. The normalized spacial score (nSPS) is 11.2. The van der Waals surface area contributed by atoms with Crippen LogP contribution in [-0.2, 0) is 4.74 Å². The third-order valence-corrected chi connectivity index (χ3v) is 4.61. The molecule has 0 heterocycles. The molecule has 0 spiro atoms. The number of ether oxygens (including phenoxy) is 1. The highest BCUT2D eigenvalue weighted by molar-refractivity contribution is 5.89. The summed E-state index contributed by atoms with van der Waals surface area (Å²) in [7, 11) is 3.99. The lowest BCUT2D eigenvalue weighted by atomic mass is 10.2. The molecular weight excluding hydrogens is 402 g/mol. The maximum absolute atomic E-state index is 11.9. The van der Waals surface area contributed by atoms with Gasteiger partial charge in [0, 0.05) is 19.8 Å². The quantitative estimate of drug-likeness (QED) is 0.200. The number of hydrogen-bond acceptors (Lipinski definition) is 7. The zero-order valence-electron chi connectivity index (χ0n) is 18.6. The maximum atomic E-state index is 11.9. The number of rotatable bonds is 9. The number of azo groups is 2. The molecule has 0 bridgehead atoms. The van der Waals surface area contributed by atoms with Crippen LogP contribution >= 0.6 is 0 Å². The Labute approximate surface area is 188 Å². The van der Waals surface area contributed by atoms with Gasteiger partial charge in [0.25, 0.3) is 0 Å². The van der Waals surface area contributed by atoms with Crippen LogP contribution < -0.4 is 4.90 Å². The van der Waals surface area contributed by atoms with E-state index in [-0.39, 0.29) is 5.97 Å². The minimum absolute atomic E-state index is 0.319. The first kappa shape index (κ1) is 22.8. The molecule has 0 fully saturated rings. The van der Waals surface area contributed by atoms with Gasteiger partial charge in [0.05, 0.1) is 34.9 Å². The van der Waals surface area contributed by atoms with Crippen LogP contribution in [-0.4, -0.2) is 26.7 Å². The second kappa shape index (κ2) is 11.5. The van der Waals surface area contributed by atoms with Crippen molar-refractivity contribution < 1.29 is 9.53 Å². The van der Waals surface area contributed by atoms with Gasteiger partial charge < -0.3 is 9.64 Å². The van der Waals surface area contributed by atoms with E-state index in [1.165, 1.54) is 0 Å². The fraction of sp³-hybridized carbons (Fsp3) is 0.240. The van der Waals surface area contributed by atoms with Crippen LogP contribution in [0.5, 0.6) is 0 Å². The van der Waals surface area contributed by atoms with Gasteiger partial charge in [-0.15, -0.1) is 0 Å². The van der Waals surface area contributed by atoms with Crippen molar-refractivity contribution in [2.45, 2.75) is 19.8 Å². The molecule has 0 aromatic heterocycles. The minimum Gasteiger partial charge on any atom is -0.462 e. The van der Waals surface area contributed by atoms with Crippen LogP contribution in [0.25, 0.3) is 0 Å². The molecule has 3 aromatic rings. The molecule has 0 aliphatic heterocycles. The Hall–Kier alpha value is -3.87. The summed E-state index contributed by atoms with van der Waals surface area (Å²) in [6.45, 7) is 2.49. The smallest absolute Gasteiger partial charge is 0.338 e. The van der Waals surface area contributed by atoms with Gasteiger partial charge in [-0.25, -0.2) is 4.79 Å². The van der Waals surface area contributed by atoms with Gasteiger partial charge in [-0.2, -0.15) is 20.5 Å². The van der Waals surface area contributed by atoms with Crippen molar-refractivity contribution in [3.63, 3.8) is 0 Å². The third-order valence-electron chi connectivity index (χ3n) is 4.61. The lowest BCUT2D eigenvalue weighted by molar-refractivity contribution is 0.0500. The number of anilines is 1. The number of esters is 1. The van der Waals surface area contributed by atoms with E-state index in [2.05, 4.69) is 27.4 Å². The number of nitrogens with zero attached hydrogens (tertiary/aromatic N) is 5. The first-order valence-electron chi connectivity index (χ1n) is 10.5. The second-order valence-corrected chi connectivity index (χ2v) is 7.36. The standard InChI is InChI=1S/C25H27N5O2/c1-4-5-18-32-25(31)19-6-8-20(9-7-19)26-27-21-10-12-22(13-11-21)28-29-23-14-16-24(17-15-23)30(2)3/h6-17H,4-5,18H2,1-3H3. The van der Waals surface area contributed by atoms with E-state index in [1.54, 1.807) is 24.3 Å². The summed E-state index contributed by atoms with van der Waals surface area (Å²) in [5.41, 5.74) is 4.48. The highest BCUT2D eigenvalue weighted by atomic mass is 16.5. The second-order valence-electron chi connectivity index (χ2n) is 7.36. The molecule has 3 aromatic carbocycles. The molecule has 164 valence electrons. The van der Waals surface area contributed by atoms with Gasteiger partial charge in [-0.3, -0.25) is 0 Å². The predicted molar refractivity (Wildman–Crippen MR) is 127 cm³/mol. The monoisotopic (exact) mass is 429 g/mol. The minimum atomic E-state index is -0.319. The van der Waals surface area contributed by atoms with E-state index in [4.69, 9.17) is 4.74 Å².